The van der Waals surface area contributed by atoms with Crippen LogP contribution in [0.5, 0.6) is 5.75 Å². The summed E-state index contributed by atoms with van der Waals surface area (Å²) in [5.41, 5.74) is 7.18. The Balaban J connectivity index is 2.53. The van der Waals surface area contributed by atoms with Crippen LogP contribution in [0.1, 0.15) is 0 Å². The van der Waals surface area contributed by atoms with Crippen LogP contribution in [0.25, 0.3) is 11.1 Å². The summed E-state index contributed by atoms with van der Waals surface area (Å²) in [7, 11) is 1.49. The van der Waals surface area contributed by atoms with Crippen molar-refractivity contribution in [3.63, 3.8) is 0 Å². The Morgan fingerprint density at radius 3 is 2.41 bits per heavy atom. The fourth-order valence-corrected chi connectivity index (χ4v) is 1.88. The second kappa shape index (κ2) is 4.63. The molecular formula is C13H11ClFNO. The molecule has 2 aromatic carbocycles. The Labute approximate surface area is 104 Å². The number of hydrogen-bond acceptors (Lipinski definition) is 2. The standard InChI is InChI=1S/C13H11ClFNO/c1-17-9-3-5-11(13(15)7-9)10-4-2-8(16)6-12(10)14/h2-7H,16H2,1H3. The third-order valence-corrected chi connectivity index (χ3v) is 2.77. The highest BCUT2D eigenvalue weighted by Gasteiger charge is 2.10. The molecule has 0 heterocycles. The summed E-state index contributed by atoms with van der Waals surface area (Å²) < 4.78 is 18.8. The van der Waals surface area contributed by atoms with Gasteiger partial charge < -0.3 is 10.5 Å². The molecule has 0 aromatic heterocycles. The van der Waals surface area contributed by atoms with Gasteiger partial charge in [0.2, 0.25) is 0 Å². The van der Waals surface area contributed by atoms with Crippen LogP contribution in [0, 0.1) is 5.82 Å². The van der Waals surface area contributed by atoms with E-state index >= 15 is 0 Å². The number of rotatable bonds is 2. The molecule has 2 aromatic rings. The Morgan fingerprint density at radius 2 is 1.82 bits per heavy atom. The zero-order valence-corrected chi connectivity index (χ0v) is 9.96. The smallest absolute Gasteiger partial charge is 0.134 e. The van der Waals surface area contributed by atoms with E-state index < -0.39 is 0 Å². The zero-order chi connectivity index (χ0) is 12.4. The molecule has 0 fully saturated rings. The Kier molecular flexibility index (Phi) is 3.20. The summed E-state index contributed by atoms with van der Waals surface area (Å²) in [6, 6.07) is 9.62. The van der Waals surface area contributed by atoms with Gasteiger partial charge in [0.25, 0.3) is 0 Å². The predicted molar refractivity (Wildman–Crippen MR) is 67.8 cm³/mol. The van der Waals surface area contributed by atoms with Crippen molar-refractivity contribution < 1.29 is 9.13 Å². The molecule has 0 atom stereocenters. The molecule has 17 heavy (non-hydrogen) atoms. The van der Waals surface area contributed by atoms with Crippen molar-refractivity contribution in [2.45, 2.75) is 0 Å². The summed E-state index contributed by atoms with van der Waals surface area (Å²) in [6.07, 6.45) is 0. The summed E-state index contributed by atoms with van der Waals surface area (Å²) in [5.74, 6) is 0.0915. The number of ether oxygens (including phenoxy) is 1. The molecule has 0 saturated carbocycles. The van der Waals surface area contributed by atoms with E-state index in [2.05, 4.69) is 0 Å². The average Bonchev–Trinajstić information content (AvgIpc) is 2.30. The van der Waals surface area contributed by atoms with E-state index in [0.717, 1.165) is 0 Å². The molecular weight excluding hydrogens is 241 g/mol. The van der Waals surface area contributed by atoms with Crippen molar-refractivity contribution in [2.75, 3.05) is 12.8 Å². The first-order valence-corrected chi connectivity index (χ1v) is 5.38. The van der Waals surface area contributed by atoms with Crippen LogP contribution in [-0.2, 0) is 0 Å². The van der Waals surface area contributed by atoms with Gasteiger partial charge in [-0.3, -0.25) is 0 Å². The van der Waals surface area contributed by atoms with Crippen LogP contribution in [0.4, 0.5) is 10.1 Å². The van der Waals surface area contributed by atoms with E-state index in [1.165, 1.54) is 13.2 Å². The van der Waals surface area contributed by atoms with Gasteiger partial charge in [-0.2, -0.15) is 0 Å². The maximum atomic E-state index is 13.8. The SMILES string of the molecule is COc1ccc(-c2ccc(N)cc2Cl)c(F)c1. The van der Waals surface area contributed by atoms with E-state index in [-0.39, 0.29) is 5.82 Å². The molecule has 0 unspecified atom stereocenters. The second-order valence-electron chi connectivity index (χ2n) is 3.59. The molecule has 2 N–H and O–H groups in total. The highest BCUT2D eigenvalue weighted by atomic mass is 35.5. The first-order valence-electron chi connectivity index (χ1n) is 5.01. The van der Waals surface area contributed by atoms with Gasteiger partial charge in [0, 0.05) is 22.9 Å². The van der Waals surface area contributed by atoms with Crippen LogP contribution in [-0.4, -0.2) is 7.11 Å². The van der Waals surface area contributed by atoms with Crippen LogP contribution < -0.4 is 10.5 Å². The van der Waals surface area contributed by atoms with Crippen LogP contribution >= 0.6 is 11.6 Å². The van der Waals surface area contributed by atoms with Crippen LogP contribution in [0.3, 0.4) is 0 Å². The minimum atomic E-state index is -0.379. The number of halogens is 2. The van der Waals surface area contributed by atoms with Gasteiger partial charge in [0.15, 0.2) is 0 Å². The third-order valence-electron chi connectivity index (χ3n) is 2.46. The van der Waals surface area contributed by atoms with Gasteiger partial charge in [-0.05, 0) is 24.3 Å². The molecule has 2 nitrogen and oxygen atoms in total. The lowest BCUT2D eigenvalue weighted by molar-refractivity contribution is 0.411. The molecule has 0 saturated heterocycles. The Morgan fingerprint density at radius 1 is 1.12 bits per heavy atom. The predicted octanol–water partition coefficient (Wildman–Crippen LogP) is 3.74. The topological polar surface area (TPSA) is 35.2 Å². The number of anilines is 1. The van der Waals surface area contributed by atoms with Crippen molar-refractivity contribution in [1.82, 2.24) is 0 Å². The van der Waals surface area contributed by atoms with E-state index in [1.54, 1.807) is 30.3 Å². The molecule has 0 aliphatic heterocycles. The summed E-state index contributed by atoms with van der Waals surface area (Å²) in [4.78, 5) is 0. The monoisotopic (exact) mass is 251 g/mol. The van der Waals surface area contributed by atoms with Crippen LogP contribution in [0.2, 0.25) is 5.02 Å². The Hall–Kier alpha value is -1.74. The van der Waals surface area contributed by atoms with Gasteiger partial charge in [-0.25, -0.2) is 4.39 Å². The van der Waals surface area contributed by atoms with Crippen molar-refractivity contribution in [2.24, 2.45) is 0 Å². The molecule has 0 aliphatic carbocycles. The Bertz CT molecular complexity index is 557. The lowest BCUT2D eigenvalue weighted by Crippen LogP contribution is -1.90. The molecule has 0 radical (unpaired) electrons. The number of hydrogen-bond donors (Lipinski definition) is 1. The van der Waals surface area contributed by atoms with E-state index in [4.69, 9.17) is 22.1 Å². The summed E-state index contributed by atoms with van der Waals surface area (Å²) in [5, 5.41) is 0.425. The average molecular weight is 252 g/mol. The van der Waals surface area contributed by atoms with Crippen molar-refractivity contribution in [1.29, 1.82) is 0 Å². The van der Waals surface area contributed by atoms with Crippen molar-refractivity contribution >= 4 is 17.3 Å². The minimum Gasteiger partial charge on any atom is -0.497 e. The van der Waals surface area contributed by atoms with Gasteiger partial charge in [-0.1, -0.05) is 17.7 Å². The summed E-state index contributed by atoms with van der Waals surface area (Å²) in [6.45, 7) is 0. The molecule has 88 valence electrons. The van der Waals surface area contributed by atoms with Gasteiger partial charge >= 0.3 is 0 Å². The van der Waals surface area contributed by atoms with E-state index in [0.29, 0.717) is 27.6 Å². The van der Waals surface area contributed by atoms with Gasteiger partial charge in [-0.15, -0.1) is 0 Å². The van der Waals surface area contributed by atoms with Crippen molar-refractivity contribution in [3.05, 3.63) is 47.2 Å². The minimum absolute atomic E-state index is 0.379. The summed E-state index contributed by atoms with van der Waals surface area (Å²) >= 11 is 6.03. The highest BCUT2D eigenvalue weighted by Crippen LogP contribution is 2.32. The normalized spacial score (nSPS) is 10.3. The number of nitrogen functional groups attached to an aromatic ring is 1. The zero-order valence-electron chi connectivity index (χ0n) is 9.21. The van der Waals surface area contributed by atoms with Crippen molar-refractivity contribution in [3.8, 4) is 16.9 Å². The van der Waals surface area contributed by atoms with Gasteiger partial charge in [0.1, 0.15) is 11.6 Å². The molecule has 2 rings (SSSR count). The maximum absolute atomic E-state index is 13.8. The third kappa shape index (κ3) is 2.34. The quantitative estimate of drug-likeness (QED) is 0.826. The fraction of sp³-hybridized carbons (Fsp3) is 0.0769. The molecule has 0 aliphatic rings. The molecule has 0 spiro atoms. The van der Waals surface area contributed by atoms with Crippen LogP contribution in [0.15, 0.2) is 36.4 Å². The second-order valence-corrected chi connectivity index (χ2v) is 3.99. The number of benzene rings is 2. The first-order chi connectivity index (χ1) is 8.11. The molecule has 0 bridgehead atoms. The van der Waals surface area contributed by atoms with E-state index in [9.17, 15) is 4.39 Å². The number of nitrogens with two attached hydrogens (primary N) is 1. The lowest BCUT2D eigenvalue weighted by atomic mass is 10.0. The van der Waals surface area contributed by atoms with E-state index in [1.807, 2.05) is 0 Å². The lowest BCUT2D eigenvalue weighted by Gasteiger charge is -2.08. The molecule has 4 heteroatoms. The number of methoxy groups -OCH3 is 1. The van der Waals surface area contributed by atoms with Gasteiger partial charge in [0.05, 0.1) is 12.1 Å². The largest absolute Gasteiger partial charge is 0.497 e. The maximum Gasteiger partial charge on any atom is 0.134 e. The first kappa shape index (κ1) is 11.7. The highest BCUT2D eigenvalue weighted by molar-refractivity contribution is 6.33. The fourth-order valence-electron chi connectivity index (χ4n) is 1.59. The molecule has 0 amide bonds.